The molecule has 0 aliphatic carbocycles. The number of alkyl halides is 3. The van der Waals surface area contributed by atoms with Crippen molar-refractivity contribution in [3.05, 3.63) is 83.4 Å². The van der Waals surface area contributed by atoms with Crippen LogP contribution in [0, 0.1) is 5.82 Å². The van der Waals surface area contributed by atoms with Gasteiger partial charge in [0.25, 0.3) is 5.91 Å². The highest BCUT2D eigenvalue weighted by Crippen LogP contribution is 2.31. The second-order valence-corrected chi connectivity index (χ2v) is 7.62. The summed E-state index contributed by atoms with van der Waals surface area (Å²) < 4.78 is 59.1. The Morgan fingerprint density at radius 3 is 2.48 bits per heavy atom. The molecular weight excluding hydrogens is 440 g/mol. The molecule has 0 saturated carbocycles. The fraction of sp³-hybridized carbons (Fsp3) is 0.304. The molecule has 10 heteroatoms. The average molecular weight is 462 g/mol. The quantitative estimate of drug-likeness (QED) is 0.566. The largest absolute Gasteiger partial charge is 0.416 e. The number of aromatic nitrogens is 2. The number of carbonyl (C=O) groups excluding carboxylic acids is 1. The average Bonchev–Trinajstić information content (AvgIpc) is 3.30. The van der Waals surface area contributed by atoms with E-state index in [1.54, 1.807) is 18.3 Å². The van der Waals surface area contributed by atoms with Gasteiger partial charge in [-0.25, -0.2) is 9.07 Å². The monoisotopic (exact) mass is 462 g/mol. The highest BCUT2D eigenvalue weighted by molar-refractivity contribution is 5.92. The smallest absolute Gasteiger partial charge is 0.379 e. The van der Waals surface area contributed by atoms with E-state index in [0.29, 0.717) is 37.6 Å². The number of ether oxygens (including phenoxy) is 1. The van der Waals surface area contributed by atoms with Gasteiger partial charge in [0, 0.05) is 25.8 Å². The molecule has 1 aromatic heterocycles. The van der Waals surface area contributed by atoms with E-state index in [9.17, 15) is 22.4 Å². The van der Waals surface area contributed by atoms with Crippen LogP contribution < -0.4 is 5.32 Å². The van der Waals surface area contributed by atoms with Gasteiger partial charge in [-0.05, 0) is 42.0 Å². The lowest BCUT2D eigenvalue weighted by molar-refractivity contribution is -0.137. The van der Waals surface area contributed by atoms with Crippen LogP contribution in [0.15, 0.2) is 60.8 Å². The fourth-order valence-electron chi connectivity index (χ4n) is 3.73. The predicted molar refractivity (Wildman–Crippen MR) is 112 cm³/mol. The fourth-order valence-corrected chi connectivity index (χ4v) is 3.73. The highest BCUT2D eigenvalue weighted by atomic mass is 19.4. The molecule has 1 aliphatic heterocycles. The molecule has 3 aromatic rings. The van der Waals surface area contributed by atoms with Gasteiger partial charge < -0.3 is 10.1 Å². The molecule has 0 bridgehead atoms. The number of nitrogens with one attached hydrogen (secondary N) is 1. The minimum Gasteiger partial charge on any atom is -0.379 e. The van der Waals surface area contributed by atoms with Crippen LogP contribution in [0.3, 0.4) is 0 Å². The first-order valence-electron chi connectivity index (χ1n) is 10.4. The summed E-state index contributed by atoms with van der Waals surface area (Å²) >= 11 is 0. The molecule has 0 spiro atoms. The van der Waals surface area contributed by atoms with Crippen LogP contribution in [0.5, 0.6) is 0 Å². The molecule has 1 amide bonds. The first kappa shape index (κ1) is 22.9. The van der Waals surface area contributed by atoms with E-state index in [1.807, 2.05) is 0 Å². The molecule has 1 fully saturated rings. The standard InChI is InChI=1S/C23H22F4N4O2/c24-18-2-1-3-19(14-18)31-9-8-20(29-31)22(32)28-15-21(30-10-12-33-13-11-30)16-4-6-17(7-5-16)23(25,26)27/h1-9,14,21H,10-13,15H2,(H,28,32)/t21-/m0/s1. The third kappa shape index (κ3) is 5.58. The summed E-state index contributed by atoms with van der Waals surface area (Å²) in [6, 6.07) is 12.0. The molecule has 174 valence electrons. The summed E-state index contributed by atoms with van der Waals surface area (Å²) in [7, 11) is 0. The first-order chi connectivity index (χ1) is 15.8. The predicted octanol–water partition coefficient (Wildman–Crippen LogP) is 3.83. The van der Waals surface area contributed by atoms with Crippen LogP contribution >= 0.6 is 0 Å². The molecule has 0 unspecified atom stereocenters. The van der Waals surface area contributed by atoms with Crippen LogP contribution in [0.1, 0.15) is 27.7 Å². The zero-order valence-electron chi connectivity index (χ0n) is 17.6. The van der Waals surface area contributed by atoms with Crippen LogP contribution in [-0.4, -0.2) is 53.4 Å². The number of morpholine rings is 1. The summed E-state index contributed by atoms with van der Waals surface area (Å²) in [4.78, 5) is 14.8. The van der Waals surface area contributed by atoms with Crippen molar-refractivity contribution in [3.8, 4) is 5.69 Å². The first-order valence-corrected chi connectivity index (χ1v) is 10.4. The van der Waals surface area contributed by atoms with Gasteiger partial charge in [-0.3, -0.25) is 9.69 Å². The van der Waals surface area contributed by atoms with Crippen LogP contribution in [-0.2, 0) is 10.9 Å². The van der Waals surface area contributed by atoms with Crippen LogP contribution in [0.25, 0.3) is 5.69 Å². The molecular formula is C23H22F4N4O2. The molecule has 2 aromatic carbocycles. The van der Waals surface area contributed by atoms with Crippen LogP contribution in [0.4, 0.5) is 17.6 Å². The Bertz CT molecular complexity index is 1090. The third-order valence-corrected chi connectivity index (χ3v) is 5.46. The van der Waals surface area contributed by atoms with Crippen molar-refractivity contribution in [3.63, 3.8) is 0 Å². The lowest BCUT2D eigenvalue weighted by atomic mass is 10.0. The number of nitrogens with zero attached hydrogens (tertiary/aromatic N) is 3. The molecule has 6 nitrogen and oxygen atoms in total. The second-order valence-electron chi connectivity index (χ2n) is 7.62. The number of halogens is 4. The van der Waals surface area contributed by atoms with Crippen molar-refractivity contribution >= 4 is 5.91 Å². The van der Waals surface area contributed by atoms with Gasteiger partial charge in [-0.15, -0.1) is 0 Å². The minimum atomic E-state index is -4.41. The maximum absolute atomic E-state index is 13.5. The molecule has 1 N–H and O–H groups in total. The van der Waals surface area contributed by atoms with Crippen molar-refractivity contribution in [1.82, 2.24) is 20.0 Å². The van der Waals surface area contributed by atoms with Gasteiger partial charge in [0.15, 0.2) is 5.69 Å². The van der Waals surface area contributed by atoms with Crippen molar-refractivity contribution in [2.24, 2.45) is 0 Å². The van der Waals surface area contributed by atoms with Crippen molar-refractivity contribution in [1.29, 1.82) is 0 Å². The summed E-state index contributed by atoms with van der Waals surface area (Å²) in [6.07, 6.45) is -2.86. The zero-order valence-corrected chi connectivity index (χ0v) is 17.6. The summed E-state index contributed by atoms with van der Waals surface area (Å²) in [5, 5.41) is 7.03. The van der Waals surface area contributed by atoms with Gasteiger partial charge in [-0.2, -0.15) is 18.3 Å². The van der Waals surface area contributed by atoms with Crippen LogP contribution in [0.2, 0.25) is 0 Å². The maximum atomic E-state index is 13.5. The van der Waals surface area contributed by atoms with Crippen molar-refractivity contribution in [2.75, 3.05) is 32.8 Å². The van der Waals surface area contributed by atoms with Crippen molar-refractivity contribution < 1.29 is 27.1 Å². The van der Waals surface area contributed by atoms with Gasteiger partial charge in [0.05, 0.1) is 30.5 Å². The lowest BCUT2D eigenvalue weighted by Gasteiger charge is -2.35. The summed E-state index contributed by atoms with van der Waals surface area (Å²) in [5.41, 5.74) is 0.562. The minimum absolute atomic E-state index is 0.146. The molecule has 0 radical (unpaired) electrons. The topological polar surface area (TPSA) is 59.4 Å². The third-order valence-electron chi connectivity index (χ3n) is 5.46. The van der Waals surface area contributed by atoms with E-state index < -0.39 is 23.5 Å². The number of rotatable bonds is 6. The number of hydrogen-bond acceptors (Lipinski definition) is 4. The van der Waals surface area contributed by atoms with Crippen molar-refractivity contribution in [2.45, 2.75) is 12.2 Å². The Morgan fingerprint density at radius 1 is 1.09 bits per heavy atom. The number of carbonyl (C=O) groups is 1. The number of amides is 1. The Hall–Kier alpha value is -3.24. The van der Waals surface area contributed by atoms with E-state index in [1.165, 1.54) is 35.0 Å². The van der Waals surface area contributed by atoms with Gasteiger partial charge in [0.1, 0.15) is 5.82 Å². The molecule has 1 aliphatic rings. The maximum Gasteiger partial charge on any atom is 0.416 e. The number of hydrogen-bond donors (Lipinski definition) is 1. The van der Waals surface area contributed by atoms with E-state index >= 15 is 0 Å². The van der Waals surface area contributed by atoms with E-state index in [-0.39, 0.29) is 18.3 Å². The SMILES string of the molecule is O=C(NC[C@@H](c1ccc(C(F)(F)F)cc1)N1CCOCC1)c1ccn(-c2cccc(F)c2)n1. The summed E-state index contributed by atoms with van der Waals surface area (Å²) in [5.74, 6) is -0.853. The summed E-state index contributed by atoms with van der Waals surface area (Å²) in [6.45, 7) is 2.37. The van der Waals surface area contributed by atoms with E-state index in [2.05, 4.69) is 15.3 Å². The molecule has 1 atom stereocenters. The molecule has 2 heterocycles. The molecule has 33 heavy (non-hydrogen) atoms. The molecule has 1 saturated heterocycles. The lowest BCUT2D eigenvalue weighted by Crippen LogP contribution is -2.43. The number of benzene rings is 2. The Morgan fingerprint density at radius 2 is 1.82 bits per heavy atom. The molecule has 4 rings (SSSR count). The van der Waals surface area contributed by atoms with Gasteiger partial charge in [-0.1, -0.05) is 18.2 Å². The Balaban J connectivity index is 1.48. The van der Waals surface area contributed by atoms with Gasteiger partial charge in [0.2, 0.25) is 0 Å². The normalized spacial score (nSPS) is 15.9. The van der Waals surface area contributed by atoms with E-state index in [4.69, 9.17) is 4.74 Å². The zero-order chi connectivity index (χ0) is 23.4. The van der Waals surface area contributed by atoms with Gasteiger partial charge >= 0.3 is 6.18 Å². The Kier molecular flexibility index (Phi) is 6.75. The second kappa shape index (κ2) is 9.72. The Labute approximate surface area is 187 Å². The highest BCUT2D eigenvalue weighted by Gasteiger charge is 2.31. The van der Waals surface area contributed by atoms with E-state index in [0.717, 1.165) is 12.1 Å².